The van der Waals surface area contributed by atoms with Crippen LogP contribution in [0.4, 0.5) is 5.69 Å². The monoisotopic (exact) mass is 403 g/mol. The van der Waals surface area contributed by atoms with E-state index >= 15 is 0 Å². The van der Waals surface area contributed by atoms with Crippen molar-refractivity contribution in [3.8, 4) is 5.75 Å². The van der Waals surface area contributed by atoms with Gasteiger partial charge in [0.15, 0.2) is 0 Å². The predicted molar refractivity (Wildman–Crippen MR) is 111 cm³/mol. The van der Waals surface area contributed by atoms with Gasteiger partial charge in [0.05, 0.1) is 24.8 Å². The highest BCUT2D eigenvalue weighted by Crippen LogP contribution is 2.26. The molecule has 0 spiro atoms. The number of carbonyl (C=O) groups is 1. The Morgan fingerprint density at radius 1 is 1.14 bits per heavy atom. The number of amides is 1. The Hall–Kier alpha value is -2.87. The molecule has 0 unspecified atom stereocenters. The zero-order valence-electron chi connectivity index (χ0n) is 16.5. The number of hydrogen-bond donors (Lipinski definition) is 1. The third-order valence-corrected chi connectivity index (χ3v) is 5.08. The van der Waals surface area contributed by atoms with Gasteiger partial charge in [-0.25, -0.2) is 13.8 Å². The summed E-state index contributed by atoms with van der Waals surface area (Å²) < 4.78 is 31.0. The van der Waals surface area contributed by atoms with Crippen LogP contribution in [0.2, 0.25) is 0 Å². The first kappa shape index (κ1) is 21.4. The standard InChI is InChI=1S/C20H25N3O4S/c1-5-27-18-11-9-17(10-12-18)13-21-22-19(24)14-23(28(4,25)26)20-15(2)7-6-8-16(20)3/h6-13H,5,14H2,1-4H3,(H,22,24)/b21-13-. The SMILES string of the molecule is CCOc1ccc(/C=N\NC(=O)CN(c2c(C)cccc2C)S(C)(=O)=O)cc1. The first-order valence-corrected chi connectivity index (χ1v) is 10.7. The first-order valence-electron chi connectivity index (χ1n) is 8.81. The lowest BCUT2D eigenvalue weighted by Crippen LogP contribution is -2.39. The zero-order chi connectivity index (χ0) is 20.7. The molecule has 7 nitrogen and oxygen atoms in total. The number of anilines is 1. The Morgan fingerprint density at radius 2 is 1.75 bits per heavy atom. The van der Waals surface area contributed by atoms with Crippen LogP contribution in [0.15, 0.2) is 47.6 Å². The van der Waals surface area contributed by atoms with Gasteiger partial charge < -0.3 is 4.74 Å². The molecule has 0 atom stereocenters. The summed E-state index contributed by atoms with van der Waals surface area (Å²) in [5, 5.41) is 3.90. The Bertz CT molecular complexity index is 934. The number of sulfonamides is 1. The summed E-state index contributed by atoms with van der Waals surface area (Å²) in [6.45, 7) is 5.75. The molecule has 150 valence electrons. The third kappa shape index (κ3) is 5.82. The number of carbonyl (C=O) groups excluding carboxylic acids is 1. The van der Waals surface area contributed by atoms with Crippen molar-refractivity contribution < 1.29 is 17.9 Å². The molecule has 0 aliphatic rings. The Balaban J connectivity index is 2.08. The number of hydrogen-bond acceptors (Lipinski definition) is 5. The van der Waals surface area contributed by atoms with E-state index in [-0.39, 0.29) is 6.54 Å². The lowest BCUT2D eigenvalue weighted by Gasteiger charge is -2.25. The van der Waals surface area contributed by atoms with Gasteiger partial charge in [0, 0.05) is 0 Å². The topological polar surface area (TPSA) is 88.1 Å². The number of rotatable bonds is 8. The van der Waals surface area contributed by atoms with Crippen LogP contribution in [0.25, 0.3) is 0 Å². The number of nitrogens with zero attached hydrogens (tertiary/aromatic N) is 2. The summed E-state index contributed by atoms with van der Waals surface area (Å²) in [5.74, 6) is 0.219. The normalized spacial score (nSPS) is 11.4. The van der Waals surface area contributed by atoms with Gasteiger partial charge in [-0.15, -0.1) is 0 Å². The van der Waals surface area contributed by atoms with Crippen molar-refractivity contribution >= 4 is 27.8 Å². The fourth-order valence-electron chi connectivity index (χ4n) is 2.72. The molecular formula is C20H25N3O4S. The lowest BCUT2D eigenvalue weighted by atomic mass is 10.1. The molecule has 0 fully saturated rings. The van der Waals surface area contributed by atoms with Gasteiger partial charge in [-0.3, -0.25) is 9.10 Å². The number of ether oxygens (including phenoxy) is 1. The van der Waals surface area contributed by atoms with Crippen LogP contribution in [0.3, 0.4) is 0 Å². The maximum absolute atomic E-state index is 12.3. The van der Waals surface area contributed by atoms with E-state index in [1.165, 1.54) is 6.21 Å². The van der Waals surface area contributed by atoms with Crippen LogP contribution in [0, 0.1) is 13.8 Å². The van der Waals surface area contributed by atoms with Gasteiger partial charge in [-0.05, 0) is 61.7 Å². The second-order valence-corrected chi connectivity index (χ2v) is 8.21. The number of hydrazone groups is 1. The predicted octanol–water partition coefficient (Wildman–Crippen LogP) is 2.62. The third-order valence-electron chi connectivity index (χ3n) is 3.97. The Labute approximate surface area is 166 Å². The summed E-state index contributed by atoms with van der Waals surface area (Å²) in [4.78, 5) is 12.3. The molecule has 2 aromatic carbocycles. The molecule has 0 aliphatic heterocycles. The van der Waals surface area contributed by atoms with Crippen molar-refractivity contribution in [2.24, 2.45) is 5.10 Å². The molecule has 0 bridgehead atoms. The van der Waals surface area contributed by atoms with E-state index < -0.39 is 15.9 Å². The number of aryl methyl sites for hydroxylation is 2. The Kier molecular flexibility index (Phi) is 7.17. The molecule has 28 heavy (non-hydrogen) atoms. The first-order chi connectivity index (χ1) is 13.2. The van der Waals surface area contributed by atoms with E-state index in [1.54, 1.807) is 24.3 Å². The molecular weight excluding hydrogens is 378 g/mol. The minimum absolute atomic E-state index is 0.356. The molecule has 1 N–H and O–H groups in total. The molecule has 0 saturated heterocycles. The molecule has 0 heterocycles. The van der Waals surface area contributed by atoms with E-state index in [1.807, 2.05) is 39.0 Å². The molecule has 8 heteroatoms. The largest absolute Gasteiger partial charge is 0.494 e. The van der Waals surface area contributed by atoms with Gasteiger partial charge in [-0.1, -0.05) is 18.2 Å². The molecule has 2 rings (SSSR count). The minimum Gasteiger partial charge on any atom is -0.494 e. The Morgan fingerprint density at radius 3 is 2.29 bits per heavy atom. The summed E-state index contributed by atoms with van der Waals surface area (Å²) in [6, 6.07) is 12.7. The van der Waals surface area contributed by atoms with Crippen LogP contribution in [0.1, 0.15) is 23.6 Å². The van der Waals surface area contributed by atoms with Crippen LogP contribution in [0.5, 0.6) is 5.75 Å². The van der Waals surface area contributed by atoms with Crippen LogP contribution < -0.4 is 14.5 Å². The highest BCUT2D eigenvalue weighted by molar-refractivity contribution is 7.92. The van der Waals surface area contributed by atoms with Crippen molar-refractivity contribution in [1.82, 2.24) is 5.43 Å². The second kappa shape index (κ2) is 9.36. The number of nitrogens with one attached hydrogen (secondary N) is 1. The summed E-state index contributed by atoms with van der Waals surface area (Å²) in [7, 11) is -3.64. The summed E-state index contributed by atoms with van der Waals surface area (Å²) in [5.41, 5.74) is 5.21. The van der Waals surface area contributed by atoms with Crippen molar-refractivity contribution in [1.29, 1.82) is 0 Å². The van der Waals surface area contributed by atoms with Crippen LogP contribution in [-0.2, 0) is 14.8 Å². The van der Waals surface area contributed by atoms with Gasteiger partial charge in [0.25, 0.3) is 5.91 Å². The summed E-state index contributed by atoms with van der Waals surface area (Å²) >= 11 is 0. The average Bonchev–Trinajstić information content (AvgIpc) is 2.61. The molecule has 0 radical (unpaired) electrons. The fourth-order valence-corrected chi connectivity index (χ4v) is 3.69. The minimum atomic E-state index is -3.64. The lowest BCUT2D eigenvalue weighted by molar-refractivity contribution is -0.119. The number of para-hydroxylation sites is 1. The molecule has 0 saturated carbocycles. The molecule has 1 amide bonds. The van der Waals surface area contributed by atoms with E-state index in [0.717, 1.165) is 33.0 Å². The van der Waals surface area contributed by atoms with E-state index in [9.17, 15) is 13.2 Å². The molecule has 0 aliphatic carbocycles. The van der Waals surface area contributed by atoms with E-state index in [2.05, 4.69) is 10.5 Å². The van der Waals surface area contributed by atoms with E-state index in [4.69, 9.17) is 4.74 Å². The molecule has 2 aromatic rings. The van der Waals surface area contributed by atoms with Gasteiger partial charge in [-0.2, -0.15) is 5.10 Å². The van der Waals surface area contributed by atoms with Crippen molar-refractivity contribution in [3.05, 3.63) is 59.2 Å². The summed E-state index contributed by atoms with van der Waals surface area (Å²) in [6.07, 6.45) is 2.56. The fraction of sp³-hybridized carbons (Fsp3) is 0.300. The van der Waals surface area contributed by atoms with Gasteiger partial charge in [0.2, 0.25) is 10.0 Å². The van der Waals surface area contributed by atoms with Crippen LogP contribution >= 0.6 is 0 Å². The molecule has 0 aromatic heterocycles. The highest BCUT2D eigenvalue weighted by atomic mass is 32.2. The highest BCUT2D eigenvalue weighted by Gasteiger charge is 2.23. The van der Waals surface area contributed by atoms with Gasteiger partial charge >= 0.3 is 0 Å². The van der Waals surface area contributed by atoms with Gasteiger partial charge in [0.1, 0.15) is 12.3 Å². The van der Waals surface area contributed by atoms with Crippen molar-refractivity contribution in [3.63, 3.8) is 0 Å². The number of benzene rings is 2. The quantitative estimate of drug-likeness (QED) is 0.542. The maximum Gasteiger partial charge on any atom is 0.260 e. The van der Waals surface area contributed by atoms with Crippen molar-refractivity contribution in [2.45, 2.75) is 20.8 Å². The van der Waals surface area contributed by atoms with E-state index in [0.29, 0.717) is 12.3 Å². The smallest absolute Gasteiger partial charge is 0.260 e. The maximum atomic E-state index is 12.3. The van der Waals surface area contributed by atoms with Crippen molar-refractivity contribution in [2.75, 3.05) is 23.7 Å². The average molecular weight is 404 g/mol. The second-order valence-electron chi connectivity index (χ2n) is 6.31. The van der Waals surface area contributed by atoms with Crippen LogP contribution in [-0.4, -0.2) is 39.9 Å². The zero-order valence-corrected chi connectivity index (χ0v) is 17.3.